The van der Waals surface area contributed by atoms with E-state index in [1.807, 2.05) is 0 Å². The van der Waals surface area contributed by atoms with Gasteiger partial charge in [0.25, 0.3) is 5.91 Å². The van der Waals surface area contributed by atoms with Crippen LogP contribution in [0.5, 0.6) is 0 Å². The number of amides is 1. The molecule has 0 saturated heterocycles. The Kier molecular flexibility index (Phi) is 2.98. The minimum atomic E-state index is -0.875. The second kappa shape index (κ2) is 3.83. The lowest BCUT2D eigenvalue weighted by molar-refractivity contribution is 0.0959. The number of rotatable bonds is 1. The third kappa shape index (κ3) is 2.03. The Balaban J connectivity index is 3.23. The molecular formula is C8H6BrF2NO. The zero-order valence-corrected chi connectivity index (χ0v) is 8.28. The minimum absolute atomic E-state index is 0.0625. The molecule has 2 nitrogen and oxygen atoms in total. The molecule has 1 aromatic carbocycles. The number of halogens is 3. The summed E-state index contributed by atoms with van der Waals surface area (Å²) in [4.78, 5) is 11.0. The molecule has 0 spiro atoms. The van der Waals surface area contributed by atoms with Gasteiger partial charge in [0, 0.05) is 13.1 Å². The van der Waals surface area contributed by atoms with E-state index in [-0.39, 0.29) is 10.0 Å². The predicted octanol–water partition coefficient (Wildman–Crippen LogP) is 2.09. The van der Waals surface area contributed by atoms with Crippen LogP contribution in [0.15, 0.2) is 16.6 Å². The summed E-state index contributed by atoms with van der Waals surface area (Å²) in [6, 6.07) is 1.76. The van der Waals surface area contributed by atoms with Gasteiger partial charge in [-0.3, -0.25) is 4.79 Å². The molecule has 0 aliphatic rings. The van der Waals surface area contributed by atoms with Gasteiger partial charge in [-0.15, -0.1) is 0 Å². The predicted molar refractivity (Wildman–Crippen MR) is 47.4 cm³/mol. The van der Waals surface area contributed by atoms with Crippen LogP contribution in [0, 0.1) is 11.6 Å². The van der Waals surface area contributed by atoms with Crippen molar-refractivity contribution in [2.24, 2.45) is 0 Å². The molecule has 0 atom stereocenters. The summed E-state index contributed by atoms with van der Waals surface area (Å²) in [6.07, 6.45) is 0. The van der Waals surface area contributed by atoms with Gasteiger partial charge < -0.3 is 5.32 Å². The molecule has 1 amide bonds. The minimum Gasteiger partial charge on any atom is -0.355 e. The molecule has 0 unspecified atom stereocenters. The molecule has 5 heteroatoms. The summed E-state index contributed by atoms with van der Waals surface area (Å²) >= 11 is 2.86. The molecule has 13 heavy (non-hydrogen) atoms. The Morgan fingerprint density at radius 3 is 2.54 bits per heavy atom. The van der Waals surface area contributed by atoms with Crippen molar-refractivity contribution in [3.05, 3.63) is 33.8 Å². The van der Waals surface area contributed by atoms with Gasteiger partial charge in [0.05, 0.1) is 10.0 Å². The van der Waals surface area contributed by atoms with Crippen LogP contribution in [0.25, 0.3) is 0 Å². The lowest BCUT2D eigenvalue weighted by atomic mass is 10.2. The molecule has 0 aromatic heterocycles. The summed E-state index contributed by atoms with van der Waals surface area (Å²) < 4.78 is 25.7. The summed E-state index contributed by atoms with van der Waals surface area (Å²) in [5.74, 6) is -2.19. The van der Waals surface area contributed by atoms with Crippen molar-refractivity contribution in [2.75, 3.05) is 7.05 Å². The highest BCUT2D eigenvalue weighted by Gasteiger charge is 2.13. The zero-order valence-electron chi connectivity index (χ0n) is 6.70. The maximum absolute atomic E-state index is 12.9. The van der Waals surface area contributed by atoms with E-state index in [1.54, 1.807) is 0 Å². The third-order valence-corrected chi connectivity index (χ3v) is 2.09. The molecular weight excluding hydrogens is 244 g/mol. The average molecular weight is 250 g/mol. The first-order chi connectivity index (χ1) is 6.06. The van der Waals surface area contributed by atoms with Gasteiger partial charge in [-0.2, -0.15) is 0 Å². The average Bonchev–Trinajstić information content (AvgIpc) is 2.10. The Morgan fingerprint density at radius 2 is 2.00 bits per heavy atom. The summed E-state index contributed by atoms with van der Waals surface area (Å²) in [6.45, 7) is 0. The van der Waals surface area contributed by atoms with Crippen molar-refractivity contribution in [2.45, 2.75) is 0 Å². The van der Waals surface area contributed by atoms with Gasteiger partial charge >= 0.3 is 0 Å². The zero-order chi connectivity index (χ0) is 10.0. The molecule has 1 aromatic rings. The number of benzene rings is 1. The maximum Gasteiger partial charge on any atom is 0.254 e. The Morgan fingerprint density at radius 1 is 1.38 bits per heavy atom. The van der Waals surface area contributed by atoms with Gasteiger partial charge in [-0.25, -0.2) is 8.78 Å². The van der Waals surface area contributed by atoms with Crippen LogP contribution in [0.1, 0.15) is 10.4 Å². The SMILES string of the molecule is CNC(=O)c1cc(Br)c(F)cc1F. The number of hydrogen-bond donors (Lipinski definition) is 1. The van der Waals surface area contributed by atoms with Crippen LogP contribution in [0.4, 0.5) is 8.78 Å². The van der Waals surface area contributed by atoms with Gasteiger partial charge in [0.1, 0.15) is 11.6 Å². The van der Waals surface area contributed by atoms with Crippen LogP contribution in [0.3, 0.4) is 0 Å². The normalized spacial score (nSPS) is 9.85. The van der Waals surface area contributed by atoms with Crippen LogP contribution in [0.2, 0.25) is 0 Å². The van der Waals surface area contributed by atoms with Crippen molar-refractivity contribution in [1.29, 1.82) is 0 Å². The highest BCUT2D eigenvalue weighted by atomic mass is 79.9. The molecule has 0 aliphatic carbocycles. The van der Waals surface area contributed by atoms with Crippen LogP contribution >= 0.6 is 15.9 Å². The fraction of sp³-hybridized carbons (Fsp3) is 0.125. The summed E-state index contributed by atoms with van der Waals surface area (Å²) in [7, 11) is 1.37. The summed E-state index contributed by atoms with van der Waals surface area (Å²) in [5.41, 5.74) is -0.184. The van der Waals surface area contributed by atoms with Crippen molar-refractivity contribution >= 4 is 21.8 Å². The lowest BCUT2D eigenvalue weighted by Crippen LogP contribution is -2.19. The van der Waals surface area contributed by atoms with Crippen molar-refractivity contribution < 1.29 is 13.6 Å². The highest BCUT2D eigenvalue weighted by Crippen LogP contribution is 2.19. The number of hydrogen-bond acceptors (Lipinski definition) is 1. The molecule has 0 radical (unpaired) electrons. The topological polar surface area (TPSA) is 29.1 Å². The highest BCUT2D eigenvalue weighted by molar-refractivity contribution is 9.10. The van der Waals surface area contributed by atoms with E-state index in [0.717, 1.165) is 6.07 Å². The Hall–Kier alpha value is -0.970. The molecule has 0 bridgehead atoms. The maximum atomic E-state index is 12.9. The van der Waals surface area contributed by atoms with Gasteiger partial charge in [0.15, 0.2) is 0 Å². The lowest BCUT2D eigenvalue weighted by Gasteiger charge is -2.02. The molecule has 70 valence electrons. The largest absolute Gasteiger partial charge is 0.355 e. The Labute approximate surface area is 82.1 Å². The second-order valence-electron chi connectivity index (χ2n) is 2.33. The van der Waals surface area contributed by atoms with Crippen molar-refractivity contribution in [3.8, 4) is 0 Å². The molecule has 0 fully saturated rings. The molecule has 0 aliphatic heterocycles. The summed E-state index contributed by atoms with van der Waals surface area (Å²) in [5, 5.41) is 2.25. The fourth-order valence-electron chi connectivity index (χ4n) is 0.831. The van der Waals surface area contributed by atoms with Crippen LogP contribution in [-0.2, 0) is 0 Å². The first kappa shape index (κ1) is 10.1. The number of nitrogens with one attached hydrogen (secondary N) is 1. The second-order valence-corrected chi connectivity index (χ2v) is 3.18. The van der Waals surface area contributed by atoms with Gasteiger partial charge in [-0.05, 0) is 22.0 Å². The monoisotopic (exact) mass is 249 g/mol. The van der Waals surface area contributed by atoms with Crippen molar-refractivity contribution in [3.63, 3.8) is 0 Å². The van der Waals surface area contributed by atoms with E-state index in [1.165, 1.54) is 7.05 Å². The van der Waals surface area contributed by atoms with E-state index < -0.39 is 17.5 Å². The molecule has 0 saturated carbocycles. The van der Waals surface area contributed by atoms with E-state index in [9.17, 15) is 13.6 Å². The molecule has 1 N–H and O–H groups in total. The van der Waals surface area contributed by atoms with E-state index in [4.69, 9.17) is 0 Å². The number of carbonyl (C=O) groups is 1. The smallest absolute Gasteiger partial charge is 0.254 e. The number of carbonyl (C=O) groups excluding carboxylic acids is 1. The van der Waals surface area contributed by atoms with Gasteiger partial charge in [-0.1, -0.05) is 0 Å². The first-order valence-electron chi connectivity index (χ1n) is 3.43. The van der Waals surface area contributed by atoms with E-state index >= 15 is 0 Å². The third-order valence-electron chi connectivity index (χ3n) is 1.48. The Bertz CT molecular complexity index is 354. The van der Waals surface area contributed by atoms with Crippen molar-refractivity contribution in [1.82, 2.24) is 5.32 Å². The van der Waals surface area contributed by atoms with Crippen LogP contribution in [-0.4, -0.2) is 13.0 Å². The standard InChI is InChI=1S/C8H6BrF2NO/c1-12-8(13)4-2-5(9)7(11)3-6(4)10/h2-3H,1H3,(H,12,13). The van der Waals surface area contributed by atoms with E-state index in [0.29, 0.717) is 6.07 Å². The van der Waals surface area contributed by atoms with Gasteiger partial charge in [0.2, 0.25) is 0 Å². The molecule has 1 rings (SSSR count). The fourth-order valence-corrected chi connectivity index (χ4v) is 1.17. The molecule has 0 heterocycles. The quantitative estimate of drug-likeness (QED) is 0.759. The first-order valence-corrected chi connectivity index (χ1v) is 4.22. The van der Waals surface area contributed by atoms with Crippen LogP contribution < -0.4 is 5.32 Å². The van der Waals surface area contributed by atoms with E-state index in [2.05, 4.69) is 21.2 Å².